The molecule has 0 aliphatic carbocycles. The molecule has 1 N–H and O–H groups in total. The average molecular weight is 225 g/mol. The monoisotopic (exact) mass is 224 g/mol. The van der Waals surface area contributed by atoms with Crippen LogP contribution in [-0.4, -0.2) is 13.7 Å². The Morgan fingerprint density at radius 1 is 1.53 bits per heavy atom. The number of ether oxygens (including phenoxy) is 1. The summed E-state index contributed by atoms with van der Waals surface area (Å²) in [7, 11) is 1.86. The number of nitriles is 1. The van der Waals surface area contributed by atoms with Gasteiger partial charge in [0.2, 0.25) is 0 Å². The lowest BCUT2D eigenvalue weighted by atomic mass is 9.99. The summed E-state index contributed by atoms with van der Waals surface area (Å²) in [6, 6.07) is 7.91. The van der Waals surface area contributed by atoms with E-state index in [-0.39, 0.29) is 18.6 Å². The minimum Gasteiger partial charge on any atom is -0.359 e. The Kier molecular flexibility index (Phi) is 4.10. The number of benzene rings is 1. The summed E-state index contributed by atoms with van der Waals surface area (Å²) in [6.45, 7) is 0.740. The normalized spacial score (nSPS) is 18.5. The predicted octanol–water partition coefficient (Wildman–Crippen LogP) is 1.77. The van der Waals surface area contributed by atoms with Crippen molar-refractivity contribution >= 4 is 12.4 Å². The minimum absolute atomic E-state index is 0. The van der Waals surface area contributed by atoms with Gasteiger partial charge in [0.15, 0.2) is 0 Å². The van der Waals surface area contributed by atoms with Crippen molar-refractivity contribution in [1.29, 1.82) is 5.26 Å². The van der Waals surface area contributed by atoms with Crippen molar-refractivity contribution in [2.45, 2.75) is 12.6 Å². The molecule has 1 unspecified atom stereocenters. The molecule has 0 radical (unpaired) electrons. The van der Waals surface area contributed by atoms with Gasteiger partial charge >= 0.3 is 0 Å². The van der Waals surface area contributed by atoms with Crippen molar-refractivity contribution in [3.8, 4) is 6.07 Å². The summed E-state index contributed by atoms with van der Waals surface area (Å²) >= 11 is 0. The first-order valence-electron chi connectivity index (χ1n) is 4.67. The lowest BCUT2D eigenvalue weighted by Crippen LogP contribution is -2.26. The molecule has 0 spiro atoms. The van der Waals surface area contributed by atoms with Crippen LogP contribution in [-0.2, 0) is 11.2 Å². The molecule has 15 heavy (non-hydrogen) atoms. The van der Waals surface area contributed by atoms with E-state index in [1.807, 2.05) is 25.2 Å². The minimum atomic E-state index is -0.0629. The molecule has 1 aliphatic rings. The molecule has 0 fully saturated rings. The number of hydrogen-bond acceptors (Lipinski definition) is 3. The predicted molar refractivity (Wildman–Crippen MR) is 59.9 cm³/mol. The molecule has 0 saturated carbocycles. The van der Waals surface area contributed by atoms with Crippen LogP contribution in [0.3, 0.4) is 0 Å². The summed E-state index contributed by atoms with van der Waals surface area (Å²) in [6.07, 6.45) is 0.867. The zero-order chi connectivity index (χ0) is 9.97. The van der Waals surface area contributed by atoms with Crippen molar-refractivity contribution in [2.75, 3.05) is 13.7 Å². The van der Waals surface area contributed by atoms with Crippen molar-refractivity contribution in [1.82, 2.24) is 5.32 Å². The zero-order valence-electron chi connectivity index (χ0n) is 8.49. The number of fused-ring (bicyclic) bond motifs is 1. The Morgan fingerprint density at radius 2 is 2.33 bits per heavy atom. The molecular formula is C11H13ClN2O. The van der Waals surface area contributed by atoms with Gasteiger partial charge in [0.25, 0.3) is 0 Å². The standard InChI is InChI=1S/C11H12N2O.ClH/c1-13-11-10-6-8(7-12)2-3-9(10)4-5-14-11;/h2-3,6,11,13H,4-5H2,1H3;1H. The Bertz CT molecular complexity index is 387. The third-order valence-corrected chi connectivity index (χ3v) is 2.48. The third-order valence-electron chi connectivity index (χ3n) is 2.48. The Hall–Kier alpha value is -1.08. The van der Waals surface area contributed by atoms with E-state index in [9.17, 15) is 0 Å². The highest BCUT2D eigenvalue weighted by Gasteiger charge is 2.19. The number of hydrogen-bond donors (Lipinski definition) is 1. The summed E-state index contributed by atoms with van der Waals surface area (Å²) in [5, 5.41) is 11.9. The van der Waals surface area contributed by atoms with Gasteiger partial charge in [-0.15, -0.1) is 12.4 Å². The summed E-state index contributed by atoms with van der Waals surface area (Å²) in [5.74, 6) is 0. The highest BCUT2D eigenvalue weighted by molar-refractivity contribution is 5.85. The smallest absolute Gasteiger partial charge is 0.134 e. The van der Waals surface area contributed by atoms with Crippen LogP contribution in [0.1, 0.15) is 22.9 Å². The van der Waals surface area contributed by atoms with E-state index in [1.165, 1.54) is 5.56 Å². The molecule has 80 valence electrons. The SMILES string of the molecule is CNC1OCCc2ccc(C#N)cc21.Cl. The number of nitrogens with zero attached hydrogens (tertiary/aromatic N) is 1. The highest BCUT2D eigenvalue weighted by Crippen LogP contribution is 2.25. The van der Waals surface area contributed by atoms with Gasteiger partial charge in [0.1, 0.15) is 6.23 Å². The van der Waals surface area contributed by atoms with Crippen molar-refractivity contribution in [3.05, 3.63) is 34.9 Å². The first-order valence-corrected chi connectivity index (χ1v) is 4.67. The second kappa shape index (κ2) is 5.13. The summed E-state index contributed by atoms with van der Waals surface area (Å²) in [5.41, 5.74) is 3.06. The third kappa shape index (κ3) is 2.29. The van der Waals surface area contributed by atoms with E-state index >= 15 is 0 Å². The van der Waals surface area contributed by atoms with Crippen molar-refractivity contribution in [2.24, 2.45) is 0 Å². The van der Waals surface area contributed by atoms with E-state index in [2.05, 4.69) is 11.4 Å². The fraction of sp³-hybridized carbons (Fsp3) is 0.364. The molecule has 3 nitrogen and oxygen atoms in total. The molecule has 0 aromatic heterocycles. The van der Waals surface area contributed by atoms with Crippen molar-refractivity contribution < 1.29 is 4.74 Å². The van der Waals surface area contributed by atoms with Gasteiger partial charge in [-0.2, -0.15) is 5.26 Å². The first-order chi connectivity index (χ1) is 6.85. The van der Waals surface area contributed by atoms with Gasteiger partial charge in [-0.25, -0.2) is 0 Å². The Balaban J connectivity index is 0.00000112. The molecule has 1 heterocycles. The first kappa shape index (κ1) is 12.0. The highest BCUT2D eigenvalue weighted by atomic mass is 35.5. The van der Waals surface area contributed by atoms with E-state index in [4.69, 9.17) is 10.00 Å². The van der Waals surface area contributed by atoms with Gasteiger partial charge in [0, 0.05) is 0 Å². The topological polar surface area (TPSA) is 45.0 Å². The van der Waals surface area contributed by atoms with Crippen LogP contribution in [0.2, 0.25) is 0 Å². The summed E-state index contributed by atoms with van der Waals surface area (Å²) in [4.78, 5) is 0. The fourth-order valence-electron chi connectivity index (χ4n) is 1.75. The van der Waals surface area contributed by atoms with Gasteiger partial charge < -0.3 is 4.74 Å². The van der Waals surface area contributed by atoms with Crippen LogP contribution < -0.4 is 5.32 Å². The molecular weight excluding hydrogens is 212 g/mol. The zero-order valence-corrected chi connectivity index (χ0v) is 9.30. The largest absolute Gasteiger partial charge is 0.359 e. The van der Waals surface area contributed by atoms with Crippen molar-refractivity contribution in [3.63, 3.8) is 0 Å². The average Bonchev–Trinajstić information content (AvgIpc) is 2.27. The molecule has 4 heteroatoms. The Labute approximate surface area is 95.5 Å². The van der Waals surface area contributed by atoms with E-state index in [0.29, 0.717) is 5.56 Å². The van der Waals surface area contributed by atoms with Crippen LogP contribution in [0.15, 0.2) is 18.2 Å². The molecule has 1 aromatic carbocycles. The van der Waals surface area contributed by atoms with Crippen LogP contribution in [0.4, 0.5) is 0 Å². The van der Waals surface area contributed by atoms with Crippen LogP contribution in [0, 0.1) is 11.3 Å². The number of rotatable bonds is 1. The maximum atomic E-state index is 8.79. The molecule has 0 bridgehead atoms. The maximum absolute atomic E-state index is 8.79. The van der Waals surface area contributed by atoms with Gasteiger partial charge in [-0.05, 0) is 36.7 Å². The van der Waals surface area contributed by atoms with Crippen LogP contribution in [0.25, 0.3) is 0 Å². The molecule has 1 aromatic rings. The fourth-order valence-corrected chi connectivity index (χ4v) is 1.75. The van der Waals surface area contributed by atoms with Gasteiger partial charge in [0.05, 0.1) is 18.2 Å². The second-order valence-electron chi connectivity index (χ2n) is 3.31. The van der Waals surface area contributed by atoms with E-state index in [1.54, 1.807) is 0 Å². The summed E-state index contributed by atoms with van der Waals surface area (Å²) < 4.78 is 5.53. The molecule has 0 amide bonds. The quantitative estimate of drug-likeness (QED) is 0.791. The van der Waals surface area contributed by atoms with Gasteiger partial charge in [-0.3, -0.25) is 5.32 Å². The number of nitrogens with one attached hydrogen (secondary N) is 1. The molecule has 1 atom stereocenters. The molecule has 2 rings (SSSR count). The lowest BCUT2D eigenvalue weighted by molar-refractivity contribution is 0.0240. The number of halogens is 1. The van der Waals surface area contributed by atoms with Gasteiger partial charge in [-0.1, -0.05) is 6.07 Å². The van der Waals surface area contributed by atoms with E-state index < -0.39 is 0 Å². The molecule has 0 saturated heterocycles. The Morgan fingerprint density at radius 3 is 3.00 bits per heavy atom. The van der Waals surface area contributed by atoms with E-state index in [0.717, 1.165) is 18.6 Å². The second-order valence-corrected chi connectivity index (χ2v) is 3.31. The van der Waals surface area contributed by atoms with Crippen LogP contribution >= 0.6 is 12.4 Å². The molecule has 1 aliphatic heterocycles. The maximum Gasteiger partial charge on any atom is 0.134 e. The lowest BCUT2D eigenvalue weighted by Gasteiger charge is -2.25. The van der Waals surface area contributed by atoms with Crippen LogP contribution in [0.5, 0.6) is 0 Å².